The second-order valence-electron chi connectivity index (χ2n) is 6.92. The van der Waals surface area contributed by atoms with Gasteiger partial charge in [0, 0.05) is 38.8 Å². The van der Waals surface area contributed by atoms with Crippen LogP contribution in [0.1, 0.15) is 30.4 Å². The highest BCUT2D eigenvalue weighted by Crippen LogP contribution is 2.12. The Hall–Kier alpha value is -0.930. The van der Waals surface area contributed by atoms with Crippen LogP contribution < -0.4 is 10.6 Å². The third-order valence-electron chi connectivity index (χ3n) is 4.45. The van der Waals surface area contributed by atoms with Crippen LogP contribution in [0.5, 0.6) is 0 Å². The van der Waals surface area contributed by atoms with Crippen LogP contribution in [0.25, 0.3) is 0 Å². The van der Waals surface area contributed by atoms with E-state index in [-0.39, 0.29) is 29.8 Å². The first kappa shape index (κ1) is 23.1. The van der Waals surface area contributed by atoms with Crippen molar-refractivity contribution in [1.29, 1.82) is 0 Å². The van der Waals surface area contributed by atoms with Crippen LogP contribution in [-0.2, 0) is 13.1 Å². The highest BCUT2D eigenvalue weighted by atomic mass is 127. The Morgan fingerprint density at radius 2 is 1.92 bits per heavy atom. The van der Waals surface area contributed by atoms with Gasteiger partial charge < -0.3 is 20.4 Å². The van der Waals surface area contributed by atoms with E-state index in [0.29, 0.717) is 13.1 Å². The van der Waals surface area contributed by atoms with Gasteiger partial charge in [-0.1, -0.05) is 12.5 Å². The van der Waals surface area contributed by atoms with E-state index < -0.39 is 0 Å². The maximum Gasteiger partial charge on any atom is 0.191 e. The van der Waals surface area contributed by atoms with Crippen LogP contribution in [-0.4, -0.2) is 63.1 Å². The predicted octanol–water partition coefficient (Wildman–Crippen LogP) is 2.66. The number of nitrogens with zero attached hydrogens (tertiary/aromatic N) is 3. The normalized spacial score (nSPS) is 15.7. The first-order chi connectivity index (χ1) is 12.1. The van der Waals surface area contributed by atoms with E-state index in [4.69, 9.17) is 0 Å². The Bertz CT molecular complexity index is 559. The van der Waals surface area contributed by atoms with Crippen molar-refractivity contribution in [3.8, 4) is 0 Å². The summed E-state index contributed by atoms with van der Waals surface area (Å²) in [7, 11) is 5.66. The zero-order valence-electron chi connectivity index (χ0n) is 16.2. The van der Waals surface area contributed by atoms with Gasteiger partial charge in [-0.15, -0.1) is 24.0 Å². The highest BCUT2D eigenvalue weighted by molar-refractivity contribution is 14.0. The molecule has 5 nitrogen and oxygen atoms in total. The average molecular weight is 477 g/mol. The fraction of sp³-hybridized carbons (Fsp3) is 0.632. The molecule has 1 aliphatic rings. The predicted molar refractivity (Wildman–Crippen MR) is 118 cm³/mol. The lowest BCUT2D eigenvalue weighted by Gasteiger charge is -2.26. The van der Waals surface area contributed by atoms with E-state index in [1.165, 1.54) is 32.4 Å². The summed E-state index contributed by atoms with van der Waals surface area (Å²) in [6.07, 6.45) is 3.99. The summed E-state index contributed by atoms with van der Waals surface area (Å²) in [5, 5.41) is 6.67. The molecule has 1 fully saturated rings. The Balaban J connectivity index is 0.00000338. The second-order valence-corrected chi connectivity index (χ2v) is 6.92. The molecule has 0 aromatic heterocycles. The van der Waals surface area contributed by atoms with E-state index in [0.717, 1.165) is 30.2 Å². The number of piperidine rings is 1. The van der Waals surface area contributed by atoms with Crippen molar-refractivity contribution in [1.82, 2.24) is 20.4 Å². The Labute approximate surface area is 174 Å². The van der Waals surface area contributed by atoms with Crippen LogP contribution in [0, 0.1) is 5.82 Å². The number of hydrogen-bond donors (Lipinski definition) is 2. The van der Waals surface area contributed by atoms with Gasteiger partial charge in [0.15, 0.2) is 5.96 Å². The van der Waals surface area contributed by atoms with Gasteiger partial charge in [0.1, 0.15) is 5.82 Å². The molecule has 0 saturated carbocycles. The zero-order chi connectivity index (χ0) is 18.1. The monoisotopic (exact) mass is 477 g/mol. The third-order valence-corrected chi connectivity index (χ3v) is 4.45. The molecule has 0 unspecified atom stereocenters. The Morgan fingerprint density at radius 3 is 2.58 bits per heavy atom. The lowest BCUT2D eigenvalue weighted by atomic mass is 10.1. The number of nitrogens with one attached hydrogen (secondary N) is 2. The molecule has 0 bridgehead atoms. The van der Waals surface area contributed by atoms with Gasteiger partial charge in [0.05, 0.1) is 0 Å². The van der Waals surface area contributed by atoms with E-state index in [9.17, 15) is 4.39 Å². The maximum atomic E-state index is 13.9. The fourth-order valence-corrected chi connectivity index (χ4v) is 3.12. The topological polar surface area (TPSA) is 42.9 Å². The summed E-state index contributed by atoms with van der Waals surface area (Å²) in [6, 6.07) is 5.29. The van der Waals surface area contributed by atoms with Crippen molar-refractivity contribution in [2.24, 2.45) is 4.99 Å². The highest BCUT2D eigenvalue weighted by Gasteiger charge is 2.09. The van der Waals surface area contributed by atoms with Crippen molar-refractivity contribution < 1.29 is 4.39 Å². The summed E-state index contributed by atoms with van der Waals surface area (Å²) >= 11 is 0. The number of halogens is 2. The van der Waals surface area contributed by atoms with Crippen molar-refractivity contribution in [3.05, 3.63) is 35.1 Å². The van der Waals surface area contributed by atoms with E-state index in [2.05, 4.69) is 20.5 Å². The first-order valence-electron chi connectivity index (χ1n) is 9.17. The SMILES string of the molecule is CN=C(NCCN1CCCCC1)NCc1ccc(F)c(CN(C)C)c1.I. The third kappa shape index (κ3) is 8.18. The molecule has 0 aliphatic carbocycles. The number of likely N-dealkylation sites (tertiary alicyclic amines) is 1. The minimum atomic E-state index is -0.151. The molecule has 1 saturated heterocycles. The van der Waals surface area contributed by atoms with E-state index in [1.807, 2.05) is 31.1 Å². The van der Waals surface area contributed by atoms with Crippen LogP contribution >= 0.6 is 24.0 Å². The largest absolute Gasteiger partial charge is 0.355 e. The quantitative estimate of drug-likeness (QED) is 0.360. The number of hydrogen-bond acceptors (Lipinski definition) is 3. The molecule has 1 aromatic carbocycles. The number of benzene rings is 1. The first-order valence-corrected chi connectivity index (χ1v) is 9.17. The molecule has 26 heavy (non-hydrogen) atoms. The molecule has 7 heteroatoms. The van der Waals surface area contributed by atoms with Gasteiger partial charge >= 0.3 is 0 Å². The molecular formula is C19H33FIN5. The molecule has 2 rings (SSSR count). The summed E-state index contributed by atoms with van der Waals surface area (Å²) in [5.74, 6) is 0.636. The summed E-state index contributed by atoms with van der Waals surface area (Å²) in [4.78, 5) is 8.73. The zero-order valence-corrected chi connectivity index (χ0v) is 18.6. The van der Waals surface area contributed by atoms with Crippen LogP contribution in [0.3, 0.4) is 0 Å². The van der Waals surface area contributed by atoms with Crippen LogP contribution in [0.4, 0.5) is 4.39 Å². The van der Waals surface area contributed by atoms with Gasteiger partial charge in [-0.2, -0.15) is 0 Å². The molecular weight excluding hydrogens is 444 g/mol. The van der Waals surface area contributed by atoms with Crippen molar-refractivity contribution in [2.75, 3.05) is 47.3 Å². The maximum absolute atomic E-state index is 13.9. The van der Waals surface area contributed by atoms with E-state index >= 15 is 0 Å². The van der Waals surface area contributed by atoms with Crippen molar-refractivity contribution >= 4 is 29.9 Å². The lowest BCUT2D eigenvalue weighted by Crippen LogP contribution is -2.42. The van der Waals surface area contributed by atoms with Gasteiger partial charge in [0.2, 0.25) is 0 Å². The fourth-order valence-electron chi connectivity index (χ4n) is 3.12. The van der Waals surface area contributed by atoms with Crippen molar-refractivity contribution in [2.45, 2.75) is 32.4 Å². The molecule has 0 radical (unpaired) electrons. The van der Waals surface area contributed by atoms with Gasteiger partial charge in [-0.25, -0.2) is 4.39 Å². The lowest BCUT2D eigenvalue weighted by molar-refractivity contribution is 0.232. The smallest absolute Gasteiger partial charge is 0.191 e. The summed E-state index contributed by atoms with van der Waals surface area (Å²) in [5.41, 5.74) is 1.77. The number of rotatable bonds is 7. The molecule has 0 spiro atoms. The van der Waals surface area contributed by atoms with Gasteiger partial charge in [0.25, 0.3) is 0 Å². The molecule has 148 valence electrons. The minimum Gasteiger partial charge on any atom is -0.355 e. The number of aliphatic imine (C=N–C) groups is 1. The molecule has 2 N–H and O–H groups in total. The Morgan fingerprint density at radius 1 is 1.19 bits per heavy atom. The summed E-state index contributed by atoms with van der Waals surface area (Å²) in [6.45, 7) is 5.57. The molecule has 0 atom stereocenters. The Kier molecular flexibility index (Phi) is 11.1. The summed E-state index contributed by atoms with van der Waals surface area (Å²) < 4.78 is 13.9. The molecule has 1 aromatic rings. The van der Waals surface area contributed by atoms with E-state index in [1.54, 1.807) is 13.1 Å². The van der Waals surface area contributed by atoms with Crippen molar-refractivity contribution in [3.63, 3.8) is 0 Å². The van der Waals surface area contributed by atoms with Crippen LogP contribution in [0.2, 0.25) is 0 Å². The van der Waals surface area contributed by atoms with Gasteiger partial charge in [-0.05, 0) is 57.7 Å². The second kappa shape index (κ2) is 12.5. The molecule has 1 aliphatic heterocycles. The molecule has 0 amide bonds. The van der Waals surface area contributed by atoms with Crippen LogP contribution in [0.15, 0.2) is 23.2 Å². The molecule has 1 heterocycles. The standard InChI is InChI=1S/C19H32FN5.HI/c1-21-19(22-9-12-25-10-5-4-6-11-25)23-14-16-7-8-18(20)17(13-16)15-24(2)3;/h7-8,13H,4-6,9-12,14-15H2,1-3H3,(H2,21,22,23);1H. The minimum absolute atomic E-state index is 0. The number of guanidine groups is 1. The van der Waals surface area contributed by atoms with Gasteiger partial charge in [-0.3, -0.25) is 4.99 Å². The average Bonchev–Trinajstić information content (AvgIpc) is 2.61.